The van der Waals surface area contributed by atoms with Gasteiger partial charge in [0, 0.05) is 34.5 Å². The SMILES string of the molecule is Cc1ccnc(-n2c3[c-]c(Oc4[c-]c(-n5nc(C(C)C)c(-c6c(C)cc(C)cc6C)c5C)cc(CCC(C)C)c4)ccc3c3ccccc32)c1.[Pd+2]. The van der Waals surface area contributed by atoms with Crippen molar-refractivity contribution in [2.45, 2.75) is 81.1 Å². The van der Waals surface area contributed by atoms with E-state index < -0.39 is 0 Å². The zero-order chi connectivity index (χ0) is 35.3. The van der Waals surface area contributed by atoms with Crippen molar-refractivity contribution < 1.29 is 25.2 Å². The maximum atomic E-state index is 6.68. The van der Waals surface area contributed by atoms with Crippen LogP contribution >= 0.6 is 0 Å². The molecule has 7 rings (SSSR count). The smallest absolute Gasteiger partial charge is 0.509 e. The van der Waals surface area contributed by atoms with Crippen LogP contribution in [0.1, 0.15) is 79.2 Å². The average Bonchev–Trinajstić information content (AvgIpc) is 3.58. The quantitative estimate of drug-likeness (QED) is 0.109. The van der Waals surface area contributed by atoms with Crippen LogP contribution in [0.3, 0.4) is 0 Å². The van der Waals surface area contributed by atoms with Gasteiger partial charge in [0.1, 0.15) is 5.82 Å². The Morgan fingerprint density at radius 2 is 1.49 bits per heavy atom. The molecule has 0 saturated heterocycles. The third-order valence-electron chi connectivity index (χ3n) is 9.65. The number of para-hydroxylation sites is 1. The molecule has 0 radical (unpaired) electrons. The van der Waals surface area contributed by atoms with Crippen molar-refractivity contribution in [1.29, 1.82) is 0 Å². The number of rotatable bonds is 9. The first-order valence-corrected chi connectivity index (χ1v) is 17.8. The van der Waals surface area contributed by atoms with Crippen LogP contribution in [0.15, 0.2) is 79.0 Å². The maximum absolute atomic E-state index is 6.68. The van der Waals surface area contributed by atoms with Gasteiger partial charge in [-0.3, -0.25) is 4.68 Å². The first kappa shape index (κ1) is 36.3. The zero-order valence-electron chi connectivity index (χ0n) is 31.1. The topological polar surface area (TPSA) is 44.9 Å². The Morgan fingerprint density at radius 1 is 0.745 bits per heavy atom. The number of ether oxygens (including phenoxy) is 1. The average molecular weight is 765 g/mol. The molecular weight excluding hydrogens is 719 g/mol. The van der Waals surface area contributed by atoms with E-state index in [-0.39, 0.29) is 26.3 Å². The number of pyridine rings is 1. The summed E-state index contributed by atoms with van der Waals surface area (Å²) in [6, 6.07) is 32.8. The van der Waals surface area contributed by atoms with Gasteiger partial charge in [-0.1, -0.05) is 75.5 Å². The molecule has 4 aromatic carbocycles. The van der Waals surface area contributed by atoms with Crippen molar-refractivity contribution in [2.75, 3.05) is 0 Å². The number of fused-ring (bicyclic) bond motifs is 3. The van der Waals surface area contributed by atoms with E-state index in [1.165, 1.54) is 33.4 Å². The number of benzene rings is 4. The number of hydrogen-bond acceptors (Lipinski definition) is 3. The van der Waals surface area contributed by atoms with Gasteiger partial charge in [-0.05, 0) is 104 Å². The Morgan fingerprint density at radius 3 is 2.20 bits per heavy atom. The van der Waals surface area contributed by atoms with Crippen molar-refractivity contribution in [3.8, 4) is 34.1 Å². The number of aryl methyl sites for hydroxylation is 5. The summed E-state index contributed by atoms with van der Waals surface area (Å²) >= 11 is 0. The molecular formula is C45H46N4OPd. The third-order valence-corrected chi connectivity index (χ3v) is 9.65. The fourth-order valence-corrected chi connectivity index (χ4v) is 7.33. The molecule has 5 nitrogen and oxygen atoms in total. The van der Waals surface area contributed by atoms with Gasteiger partial charge in [-0.15, -0.1) is 35.7 Å². The number of aromatic nitrogens is 4. The molecule has 262 valence electrons. The van der Waals surface area contributed by atoms with Crippen molar-refractivity contribution in [1.82, 2.24) is 19.3 Å². The Labute approximate surface area is 316 Å². The van der Waals surface area contributed by atoms with Crippen LogP contribution in [0.4, 0.5) is 0 Å². The van der Waals surface area contributed by atoms with E-state index in [9.17, 15) is 0 Å². The van der Waals surface area contributed by atoms with Crippen molar-refractivity contribution >= 4 is 21.8 Å². The minimum Gasteiger partial charge on any atom is -0.509 e. The zero-order valence-corrected chi connectivity index (χ0v) is 32.6. The van der Waals surface area contributed by atoms with Gasteiger partial charge in [-0.2, -0.15) is 16.7 Å². The van der Waals surface area contributed by atoms with E-state index in [1.807, 2.05) is 18.3 Å². The molecule has 0 unspecified atom stereocenters. The van der Waals surface area contributed by atoms with Gasteiger partial charge in [-0.25, -0.2) is 4.98 Å². The second kappa shape index (κ2) is 14.6. The molecule has 0 N–H and O–H groups in total. The molecule has 3 heterocycles. The van der Waals surface area contributed by atoms with Crippen molar-refractivity contribution in [3.05, 3.63) is 130 Å². The minimum atomic E-state index is 0. The van der Waals surface area contributed by atoms with Gasteiger partial charge in [0.15, 0.2) is 0 Å². The fourth-order valence-electron chi connectivity index (χ4n) is 7.33. The standard InChI is InChI=1S/C45H46N4O.Pd/c1-27(2)14-15-34-23-35(49-33(9)44(45(47-49)28(3)4)43-31(7)20-30(6)21-32(43)8)25-37(24-34)50-36-16-17-39-38-12-10-11-13-40(38)48(41(39)26-36)42-22-29(5)18-19-46-42;/h10-13,16-24,27-28H,14-15H2,1-9H3;/q-2;+2. The van der Waals surface area contributed by atoms with Crippen LogP contribution in [0.2, 0.25) is 0 Å². The van der Waals surface area contributed by atoms with Crippen LogP contribution in [-0.4, -0.2) is 19.3 Å². The molecule has 51 heavy (non-hydrogen) atoms. The van der Waals surface area contributed by atoms with Gasteiger partial charge in [0.25, 0.3) is 0 Å². The summed E-state index contributed by atoms with van der Waals surface area (Å²) < 4.78 is 10.9. The molecule has 0 saturated carbocycles. The van der Waals surface area contributed by atoms with E-state index in [0.29, 0.717) is 17.4 Å². The minimum absolute atomic E-state index is 0. The van der Waals surface area contributed by atoms with Crippen LogP contribution < -0.4 is 4.74 Å². The molecule has 0 fully saturated rings. The third kappa shape index (κ3) is 7.05. The summed E-state index contributed by atoms with van der Waals surface area (Å²) in [4.78, 5) is 4.74. The summed E-state index contributed by atoms with van der Waals surface area (Å²) in [7, 11) is 0. The predicted octanol–water partition coefficient (Wildman–Crippen LogP) is 11.7. The molecule has 0 aliphatic carbocycles. The molecule has 6 heteroatoms. The Balaban J connectivity index is 0.00000448. The van der Waals surface area contributed by atoms with E-state index in [2.05, 4.69) is 144 Å². The molecule has 0 spiro atoms. The fraction of sp³-hybridized carbons (Fsp3) is 0.289. The van der Waals surface area contributed by atoms with Crippen molar-refractivity contribution in [2.24, 2.45) is 5.92 Å². The second-order valence-corrected chi connectivity index (χ2v) is 14.6. The Bertz CT molecular complexity index is 2360. The molecule has 0 aliphatic heterocycles. The second-order valence-electron chi connectivity index (χ2n) is 14.6. The maximum Gasteiger partial charge on any atom is 2.00 e. The molecule has 3 aromatic heterocycles. The number of nitrogens with zero attached hydrogens (tertiary/aromatic N) is 4. The van der Waals surface area contributed by atoms with Crippen LogP contribution in [-0.2, 0) is 26.8 Å². The predicted molar refractivity (Wildman–Crippen MR) is 206 cm³/mol. The molecule has 0 amide bonds. The molecule has 0 aliphatic rings. The van der Waals surface area contributed by atoms with Crippen LogP contribution in [0.5, 0.6) is 11.5 Å². The summed E-state index contributed by atoms with van der Waals surface area (Å²) in [5, 5.41) is 7.54. The summed E-state index contributed by atoms with van der Waals surface area (Å²) in [6.45, 7) is 19.8. The molecule has 0 atom stereocenters. The summed E-state index contributed by atoms with van der Waals surface area (Å²) in [5.74, 6) is 2.97. The number of hydrogen-bond donors (Lipinski definition) is 0. The van der Waals surface area contributed by atoms with Crippen LogP contribution in [0.25, 0.3) is 44.4 Å². The van der Waals surface area contributed by atoms with Gasteiger partial charge in [0.2, 0.25) is 0 Å². The van der Waals surface area contributed by atoms with E-state index in [1.54, 1.807) is 0 Å². The van der Waals surface area contributed by atoms with Crippen molar-refractivity contribution in [3.63, 3.8) is 0 Å². The summed E-state index contributed by atoms with van der Waals surface area (Å²) in [6.07, 6.45) is 3.87. The summed E-state index contributed by atoms with van der Waals surface area (Å²) in [5.41, 5.74) is 13.8. The first-order valence-electron chi connectivity index (χ1n) is 17.8. The molecule has 7 aromatic rings. The first-order chi connectivity index (χ1) is 24.0. The van der Waals surface area contributed by atoms with Gasteiger partial charge in [0.05, 0.1) is 5.69 Å². The van der Waals surface area contributed by atoms with E-state index >= 15 is 0 Å². The largest absolute Gasteiger partial charge is 2.00 e. The van der Waals surface area contributed by atoms with Crippen LogP contribution in [0, 0.1) is 52.7 Å². The monoisotopic (exact) mass is 764 g/mol. The Kier molecular flexibility index (Phi) is 10.4. The Hall–Kier alpha value is -4.50. The normalized spacial score (nSPS) is 11.6. The molecule has 0 bridgehead atoms. The van der Waals surface area contributed by atoms with Gasteiger partial charge < -0.3 is 9.30 Å². The van der Waals surface area contributed by atoms with E-state index in [0.717, 1.165) is 63.1 Å². The van der Waals surface area contributed by atoms with Gasteiger partial charge >= 0.3 is 20.4 Å². The van der Waals surface area contributed by atoms with E-state index in [4.69, 9.17) is 14.8 Å².